The molecule has 3 rings (SSSR count). The number of amides is 2. The fourth-order valence-electron chi connectivity index (χ4n) is 2.78. The van der Waals surface area contributed by atoms with Crippen LogP contribution >= 0.6 is 11.6 Å². The van der Waals surface area contributed by atoms with E-state index in [9.17, 15) is 4.79 Å². The lowest BCUT2D eigenvalue weighted by atomic mass is 10.1. The van der Waals surface area contributed by atoms with Crippen LogP contribution in [0.4, 0.5) is 4.79 Å². The monoisotopic (exact) mass is 364 g/mol. The molecule has 8 heteroatoms. The fourth-order valence-corrected chi connectivity index (χ4v) is 3.02. The maximum atomic E-state index is 12.2. The molecule has 1 aliphatic heterocycles. The quantitative estimate of drug-likeness (QED) is 0.845. The summed E-state index contributed by atoms with van der Waals surface area (Å²) in [5, 5.41) is 16.4. The third-order valence-electron chi connectivity index (χ3n) is 4.20. The molecular weight excluding hydrogens is 344 g/mol. The largest absolute Gasteiger partial charge is 0.395 e. The van der Waals surface area contributed by atoms with Gasteiger partial charge in [0.2, 0.25) is 0 Å². The molecule has 2 amide bonds. The topological polar surface area (TPSA) is 81.8 Å². The van der Waals surface area contributed by atoms with Crippen LogP contribution in [0.2, 0.25) is 5.02 Å². The molecular formula is C17H21ClN4O3. The van der Waals surface area contributed by atoms with E-state index >= 15 is 0 Å². The van der Waals surface area contributed by atoms with Crippen LogP contribution in [0, 0.1) is 0 Å². The average Bonchev–Trinajstić information content (AvgIpc) is 3.10. The van der Waals surface area contributed by atoms with Crippen LogP contribution in [0.3, 0.4) is 0 Å². The van der Waals surface area contributed by atoms with Crippen molar-refractivity contribution in [1.82, 2.24) is 20.3 Å². The number of aliphatic hydroxyl groups is 1. The highest BCUT2D eigenvalue weighted by Crippen LogP contribution is 2.26. The Kier molecular flexibility index (Phi) is 5.91. The number of carbonyl (C=O) groups is 1. The minimum absolute atomic E-state index is 0.126. The number of halogens is 1. The van der Waals surface area contributed by atoms with E-state index in [-0.39, 0.29) is 19.2 Å². The van der Waals surface area contributed by atoms with Gasteiger partial charge in [-0.05, 0) is 6.07 Å². The smallest absolute Gasteiger partial charge is 0.317 e. The van der Waals surface area contributed by atoms with Crippen LogP contribution in [0.15, 0.2) is 34.9 Å². The summed E-state index contributed by atoms with van der Waals surface area (Å²) in [5.41, 5.74) is 1.44. The molecule has 0 radical (unpaired) electrons. The van der Waals surface area contributed by atoms with Gasteiger partial charge in [-0.2, -0.15) is 0 Å². The fraction of sp³-hybridized carbons (Fsp3) is 0.412. The normalized spacial score (nSPS) is 15.4. The second kappa shape index (κ2) is 8.33. The first-order valence-electron chi connectivity index (χ1n) is 8.24. The van der Waals surface area contributed by atoms with Crippen molar-refractivity contribution in [3.05, 3.63) is 41.1 Å². The van der Waals surface area contributed by atoms with E-state index in [0.717, 1.165) is 18.7 Å². The van der Waals surface area contributed by atoms with Crippen molar-refractivity contribution in [2.24, 2.45) is 0 Å². The molecule has 1 fully saturated rings. The zero-order valence-electron chi connectivity index (χ0n) is 13.8. The van der Waals surface area contributed by atoms with Crippen molar-refractivity contribution >= 4 is 17.6 Å². The van der Waals surface area contributed by atoms with E-state index in [1.54, 1.807) is 17.0 Å². The standard InChI is InChI=1S/C17H21ClN4O3/c18-15-4-2-1-3-14(15)16-11-13(25-20-16)12-19-17(24)22-7-5-21(6-8-22)9-10-23/h1-4,11,23H,5-10,12H2,(H,19,24). The Labute approximate surface area is 151 Å². The zero-order chi connectivity index (χ0) is 17.6. The summed E-state index contributed by atoms with van der Waals surface area (Å²) >= 11 is 6.15. The number of urea groups is 1. The molecule has 0 bridgehead atoms. The van der Waals surface area contributed by atoms with Gasteiger partial charge < -0.3 is 19.8 Å². The summed E-state index contributed by atoms with van der Waals surface area (Å²) in [6.45, 7) is 3.90. The van der Waals surface area contributed by atoms with E-state index in [1.165, 1.54) is 0 Å². The van der Waals surface area contributed by atoms with E-state index in [1.807, 2.05) is 18.2 Å². The molecule has 1 saturated heterocycles. The third-order valence-corrected chi connectivity index (χ3v) is 4.53. The first-order chi connectivity index (χ1) is 12.2. The Morgan fingerprint density at radius 2 is 2.04 bits per heavy atom. The number of nitrogens with zero attached hydrogens (tertiary/aromatic N) is 3. The van der Waals surface area contributed by atoms with Crippen LogP contribution < -0.4 is 5.32 Å². The van der Waals surface area contributed by atoms with Gasteiger partial charge >= 0.3 is 6.03 Å². The lowest BCUT2D eigenvalue weighted by molar-refractivity contribution is 0.121. The van der Waals surface area contributed by atoms with Gasteiger partial charge in [0.25, 0.3) is 0 Å². The average molecular weight is 365 g/mol. The molecule has 25 heavy (non-hydrogen) atoms. The second-order valence-electron chi connectivity index (χ2n) is 5.87. The van der Waals surface area contributed by atoms with Crippen molar-refractivity contribution in [2.45, 2.75) is 6.54 Å². The third kappa shape index (κ3) is 4.50. The van der Waals surface area contributed by atoms with Crippen molar-refractivity contribution in [3.8, 4) is 11.3 Å². The molecule has 1 aliphatic rings. The lowest BCUT2D eigenvalue weighted by Gasteiger charge is -2.34. The highest BCUT2D eigenvalue weighted by atomic mass is 35.5. The second-order valence-corrected chi connectivity index (χ2v) is 6.28. The van der Waals surface area contributed by atoms with Gasteiger partial charge in [-0.25, -0.2) is 4.79 Å². The van der Waals surface area contributed by atoms with E-state index in [0.29, 0.717) is 36.1 Å². The van der Waals surface area contributed by atoms with Gasteiger partial charge in [-0.1, -0.05) is 35.0 Å². The summed E-state index contributed by atoms with van der Waals surface area (Å²) < 4.78 is 5.28. The Morgan fingerprint density at radius 1 is 1.28 bits per heavy atom. The van der Waals surface area contributed by atoms with Gasteiger partial charge in [0.05, 0.1) is 18.2 Å². The number of hydrogen-bond donors (Lipinski definition) is 2. The van der Waals surface area contributed by atoms with Crippen LogP contribution in [0.1, 0.15) is 5.76 Å². The Balaban J connectivity index is 1.51. The van der Waals surface area contributed by atoms with E-state index in [4.69, 9.17) is 21.2 Å². The Hall–Kier alpha value is -2.09. The summed E-state index contributed by atoms with van der Waals surface area (Å²) in [4.78, 5) is 16.1. The van der Waals surface area contributed by atoms with Gasteiger partial charge in [0.1, 0.15) is 5.69 Å². The Morgan fingerprint density at radius 3 is 2.76 bits per heavy atom. The lowest BCUT2D eigenvalue weighted by Crippen LogP contribution is -2.52. The van der Waals surface area contributed by atoms with Crippen LogP contribution in [0.5, 0.6) is 0 Å². The molecule has 0 atom stereocenters. The molecule has 0 spiro atoms. The number of nitrogens with one attached hydrogen (secondary N) is 1. The van der Waals surface area contributed by atoms with Crippen molar-refractivity contribution in [1.29, 1.82) is 0 Å². The molecule has 1 aromatic carbocycles. The molecule has 2 N–H and O–H groups in total. The summed E-state index contributed by atoms with van der Waals surface area (Å²) in [5.74, 6) is 0.571. The maximum Gasteiger partial charge on any atom is 0.317 e. The number of piperazine rings is 1. The molecule has 134 valence electrons. The number of aromatic nitrogens is 1. The minimum atomic E-state index is -0.126. The molecule has 0 aliphatic carbocycles. The Bertz CT molecular complexity index is 713. The SMILES string of the molecule is O=C(NCc1cc(-c2ccccc2Cl)no1)N1CCN(CCO)CC1. The number of rotatable bonds is 5. The molecule has 2 aromatic rings. The summed E-state index contributed by atoms with van der Waals surface area (Å²) in [7, 11) is 0. The first-order valence-corrected chi connectivity index (χ1v) is 8.61. The van der Waals surface area contributed by atoms with Gasteiger partial charge in [-0.3, -0.25) is 4.90 Å². The van der Waals surface area contributed by atoms with Gasteiger partial charge in [0, 0.05) is 44.4 Å². The highest BCUT2D eigenvalue weighted by Gasteiger charge is 2.20. The first kappa shape index (κ1) is 17.7. The minimum Gasteiger partial charge on any atom is -0.395 e. The van der Waals surface area contributed by atoms with Crippen molar-refractivity contribution < 1.29 is 14.4 Å². The number of aliphatic hydroxyl groups excluding tert-OH is 1. The molecule has 2 heterocycles. The van der Waals surface area contributed by atoms with E-state index < -0.39 is 0 Å². The maximum absolute atomic E-state index is 12.2. The predicted molar refractivity (Wildman–Crippen MR) is 94.3 cm³/mol. The highest BCUT2D eigenvalue weighted by molar-refractivity contribution is 6.33. The number of hydrogen-bond acceptors (Lipinski definition) is 5. The van der Waals surface area contributed by atoms with Crippen LogP contribution in [-0.2, 0) is 6.54 Å². The summed E-state index contributed by atoms with van der Waals surface area (Å²) in [6.07, 6.45) is 0. The molecule has 0 unspecified atom stereocenters. The van der Waals surface area contributed by atoms with Crippen molar-refractivity contribution in [3.63, 3.8) is 0 Å². The number of benzene rings is 1. The van der Waals surface area contributed by atoms with Gasteiger partial charge in [-0.15, -0.1) is 0 Å². The van der Waals surface area contributed by atoms with Crippen LogP contribution in [-0.4, -0.2) is 65.4 Å². The molecule has 0 saturated carbocycles. The molecule has 1 aromatic heterocycles. The van der Waals surface area contributed by atoms with Crippen molar-refractivity contribution in [2.75, 3.05) is 39.3 Å². The zero-order valence-corrected chi connectivity index (χ0v) is 14.6. The molecule has 7 nitrogen and oxygen atoms in total. The number of carbonyl (C=O) groups excluding carboxylic acids is 1. The summed E-state index contributed by atoms with van der Waals surface area (Å²) in [6, 6.07) is 9.05. The van der Waals surface area contributed by atoms with E-state index in [2.05, 4.69) is 15.4 Å². The predicted octanol–water partition coefficient (Wildman–Crippen LogP) is 1.81. The van der Waals surface area contributed by atoms with Gasteiger partial charge in [0.15, 0.2) is 5.76 Å². The number of β-amino-alcohol motifs (C(OH)–C–C–N with tert-alkyl or cyclic N) is 1. The van der Waals surface area contributed by atoms with Crippen LogP contribution in [0.25, 0.3) is 11.3 Å².